The molecule has 0 unspecified atom stereocenters. The summed E-state index contributed by atoms with van der Waals surface area (Å²) in [5.41, 5.74) is 3.19. The first-order valence-corrected chi connectivity index (χ1v) is 12.2. The Morgan fingerprint density at radius 2 is 1.83 bits per heavy atom. The monoisotopic (exact) mass is 522 g/mol. The third kappa shape index (κ3) is 6.27. The predicted octanol–water partition coefficient (Wildman–Crippen LogP) is 5.91. The number of aryl methyl sites for hydroxylation is 1. The summed E-state index contributed by atoms with van der Waals surface area (Å²) in [6.07, 6.45) is 1.59. The largest absolute Gasteiger partial charge is 0.493 e. The molecule has 7 nitrogen and oxygen atoms in total. The average Bonchev–Trinajstić information content (AvgIpc) is 3.11. The van der Waals surface area contributed by atoms with Gasteiger partial charge < -0.3 is 14.8 Å². The highest BCUT2D eigenvalue weighted by Crippen LogP contribution is 2.34. The van der Waals surface area contributed by atoms with Gasteiger partial charge in [0.2, 0.25) is 5.91 Å². The van der Waals surface area contributed by atoms with E-state index >= 15 is 0 Å². The van der Waals surface area contributed by atoms with Crippen molar-refractivity contribution in [3.8, 4) is 11.5 Å². The summed E-state index contributed by atoms with van der Waals surface area (Å²) >= 11 is 6.71. The predicted molar refractivity (Wildman–Crippen MR) is 141 cm³/mol. The summed E-state index contributed by atoms with van der Waals surface area (Å²) < 4.78 is 11.3. The molecule has 1 aliphatic rings. The van der Waals surface area contributed by atoms with Crippen LogP contribution >= 0.6 is 23.4 Å². The Kier molecular flexibility index (Phi) is 7.97. The zero-order valence-corrected chi connectivity index (χ0v) is 21.2. The van der Waals surface area contributed by atoms with Crippen molar-refractivity contribution >= 4 is 52.2 Å². The van der Waals surface area contributed by atoms with Crippen LogP contribution < -0.4 is 14.8 Å². The van der Waals surface area contributed by atoms with Crippen molar-refractivity contribution in [3.63, 3.8) is 0 Å². The van der Waals surface area contributed by atoms with Gasteiger partial charge in [-0.2, -0.15) is 0 Å². The highest BCUT2D eigenvalue weighted by Gasteiger charge is 2.36. The van der Waals surface area contributed by atoms with Gasteiger partial charge in [-0.15, -0.1) is 0 Å². The van der Waals surface area contributed by atoms with E-state index in [2.05, 4.69) is 5.32 Å². The number of carbonyl (C=O) groups is 3. The molecule has 3 aromatic rings. The van der Waals surface area contributed by atoms with E-state index in [1.165, 1.54) is 7.11 Å². The number of amides is 3. The number of anilines is 1. The topological polar surface area (TPSA) is 84.9 Å². The molecule has 184 valence electrons. The lowest BCUT2D eigenvalue weighted by Gasteiger charge is -2.13. The molecule has 0 spiro atoms. The first-order valence-electron chi connectivity index (χ1n) is 11.0. The lowest BCUT2D eigenvalue weighted by molar-refractivity contribution is -0.127. The number of thioether (sulfide) groups is 1. The first kappa shape index (κ1) is 25.3. The molecular weight excluding hydrogens is 500 g/mol. The van der Waals surface area contributed by atoms with Crippen LogP contribution in [0, 0.1) is 6.92 Å². The number of rotatable bonds is 8. The van der Waals surface area contributed by atoms with Gasteiger partial charge in [0.15, 0.2) is 11.5 Å². The fourth-order valence-corrected chi connectivity index (χ4v) is 4.45. The van der Waals surface area contributed by atoms with Gasteiger partial charge >= 0.3 is 0 Å². The number of imide groups is 1. The number of hydrogen-bond donors (Lipinski definition) is 1. The van der Waals surface area contributed by atoms with Gasteiger partial charge in [0.25, 0.3) is 11.1 Å². The molecule has 1 fully saturated rings. The maximum atomic E-state index is 12.8. The molecule has 0 saturated carbocycles. The number of carbonyl (C=O) groups excluding carboxylic acids is 3. The summed E-state index contributed by atoms with van der Waals surface area (Å²) in [4.78, 5) is 38.8. The second-order valence-electron chi connectivity index (χ2n) is 8.01. The highest BCUT2D eigenvalue weighted by molar-refractivity contribution is 8.18. The molecule has 0 radical (unpaired) electrons. The van der Waals surface area contributed by atoms with Gasteiger partial charge in [-0.3, -0.25) is 19.3 Å². The first-order chi connectivity index (χ1) is 17.3. The molecule has 1 aliphatic heterocycles. The fraction of sp³-hybridized carbons (Fsp3) is 0.148. The van der Waals surface area contributed by atoms with Crippen molar-refractivity contribution in [2.75, 3.05) is 19.0 Å². The lowest BCUT2D eigenvalue weighted by Crippen LogP contribution is -2.36. The average molecular weight is 523 g/mol. The van der Waals surface area contributed by atoms with Crippen molar-refractivity contribution < 1.29 is 23.9 Å². The van der Waals surface area contributed by atoms with Crippen molar-refractivity contribution in [1.82, 2.24) is 4.90 Å². The zero-order chi connectivity index (χ0) is 25.7. The van der Waals surface area contributed by atoms with Crippen LogP contribution in [0.1, 0.15) is 16.7 Å². The van der Waals surface area contributed by atoms with E-state index in [0.29, 0.717) is 34.4 Å². The van der Waals surface area contributed by atoms with Crippen LogP contribution in [0.15, 0.2) is 71.6 Å². The quantitative estimate of drug-likeness (QED) is 0.370. The second kappa shape index (κ2) is 11.3. The number of hydrogen-bond acceptors (Lipinski definition) is 6. The van der Waals surface area contributed by atoms with E-state index in [0.717, 1.165) is 27.8 Å². The highest BCUT2D eigenvalue weighted by atomic mass is 35.5. The van der Waals surface area contributed by atoms with Gasteiger partial charge in [0, 0.05) is 10.7 Å². The molecule has 1 heterocycles. The van der Waals surface area contributed by atoms with E-state index < -0.39 is 17.1 Å². The van der Waals surface area contributed by atoms with Crippen LogP contribution in [0.3, 0.4) is 0 Å². The van der Waals surface area contributed by atoms with Crippen molar-refractivity contribution in [1.29, 1.82) is 0 Å². The minimum absolute atomic E-state index is 0.222. The van der Waals surface area contributed by atoms with Crippen LogP contribution in [0.25, 0.3) is 6.08 Å². The Bertz CT molecular complexity index is 1340. The number of benzene rings is 3. The van der Waals surface area contributed by atoms with Gasteiger partial charge in [0.1, 0.15) is 13.2 Å². The number of nitrogens with one attached hydrogen (secondary N) is 1. The van der Waals surface area contributed by atoms with Gasteiger partial charge in [-0.25, -0.2) is 0 Å². The molecule has 9 heteroatoms. The maximum absolute atomic E-state index is 12.8. The SMILES string of the molecule is COc1cc(/C=C2/SC(=O)N(CC(=O)Nc3cccc(C)c3)C2=O)ccc1OCc1ccc(Cl)cc1. The molecule has 3 amide bonds. The molecule has 0 aromatic heterocycles. The maximum Gasteiger partial charge on any atom is 0.294 e. The Balaban J connectivity index is 1.42. The van der Waals surface area contributed by atoms with Crippen LogP contribution in [-0.2, 0) is 16.2 Å². The van der Waals surface area contributed by atoms with Crippen molar-refractivity contribution in [3.05, 3.63) is 93.3 Å². The van der Waals surface area contributed by atoms with E-state index in [1.807, 2.05) is 37.3 Å². The normalized spacial score (nSPS) is 14.3. The van der Waals surface area contributed by atoms with E-state index in [1.54, 1.807) is 42.5 Å². The van der Waals surface area contributed by atoms with Gasteiger partial charge in [0.05, 0.1) is 12.0 Å². The third-order valence-corrected chi connectivity index (χ3v) is 6.43. The molecule has 1 N–H and O–H groups in total. The molecular formula is C27H23ClN2O5S. The van der Waals surface area contributed by atoms with Crippen LogP contribution in [0.5, 0.6) is 11.5 Å². The fourth-order valence-electron chi connectivity index (χ4n) is 3.49. The molecule has 0 atom stereocenters. The smallest absolute Gasteiger partial charge is 0.294 e. The van der Waals surface area contributed by atoms with Crippen molar-refractivity contribution in [2.24, 2.45) is 0 Å². The van der Waals surface area contributed by atoms with E-state index in [9.17, 15) is 14.4 Å². The number of halogens is 1. The number of ether oxygens (including phenoxy) is 2. The van der Waals surface area contributed by atoms with E-state index in [-0.39, 0.29) is 11.4 Å². The van der Waals surface area contributed by atoms with Gasteiger partial charge in [-0.1, -0.05) is 41.9 Å². The van der Waals surface area contributed by atoms with Gasteiger partial charge in [-0.05, 0) is 77.9 Å². The summed E-state index contributed by atoms with van der Waals surface area (Å²) in [7, 11) is 1.52. The standard InChI is InChI=1S/C27H23ClN2O5S/c1-17-4-3-5-21(12-17)29-25(31)15-30-26(32)24(36-27(30)33)14-19-8-11-22(23(13-19)34-2)35-16-18-6-9-20(28)10-7-18/h3-14H,15-16H2,1-2H3,(H,29,31)/b24-14+. The lowest BCUT2D eigenvalue weighted by atomic mass is 10.1. The molecule has 1 saturated heterocycles. The minimum Gasteiger partial charge on any atom is -0.493 e. The molecule has 36 heavy (non-hydrogen) atoms. The molecule has 0 aliphatic carbocycles. The minimum atomic E-state index is -0.522. The Hall–Kier alpha value is -3.75. The number of nitrogens with zero attached hydrogens (tertiary/aromatic N) is 1. The van der Waals surface area contributed by atoms with Crippen LogP contribution in [-0.4, -0.2) is 35.6 Å². The zero-order valence-electron chi connectivity index (χ0n) is 19.6. The molecule has 3 aromatic carbocycles. The summed E-state index contributed by atoms with van der Waals surface area (Å²) in [6, 6.07) is 19.8. The summed E-state index contributed by atoms with van der Waals surface area (Å²) in [6.45, 7) is 1.87. The summed E-state index contributed by atoms with van der Waals surface area (Å²) in [5, 5.41) is 2.86. The Morgan fingerprint density at radius 3 is 2.56 bits per heavy atom. The van der Waals surface area contributed by atoms with E-state index in [4.69, 9.17) is 21.1 Å². The Labute approximate surface area is 218 Å². The second-order valence-corrected chi connectivity index (χ2v) is 9.44. The van der Waals surface area contributed by atoms with Crippen molar-refractivity contribution in [2.45, 2.75) is 13.5 Å². The molecule has 4 rings (SSSR count). The van der Waals surface area contributed by atoms with Crippen LogP contribution in [0.4, 0.5) is 10.5 Å². The summed E-state index contributed by atoms with van der Waals surface area (Å²) in [5.74, 6) is 0.0411. The third-order valence-electron chi connectivity index (χ3n) is 5.27. The number of methoxy groups -OCH3 is 1. The molecule has 0 bridgehead atoms. The van der Waals surface area contributed by atoms with Crippen LogP contribution in [0.2, 0.25) is 5.02 Å². The Morgan fingerprint density at radius 1 is 1.06 bits per heavy atom.